The summed E-state index contributed by atoms with van der Waals surface area (Å²) in [5.41, 5.74) is 18.4. The van der Waals surface area contributed by atoms with Crippen molar-refractivity contribution >= 4 is 132 Å². The van der Waals surface area contributed by atoms with Crippen LogP contribution in [-0.4, -0.2) is 73.3 Å². The fourth-order valence-electron chi connectivity index (χ4n) is 15.7. The molecule has 0 N–H and O–H groups in total. The Labute approximate surface area is 593 Å². The van der Waals surface area contributed by atoms with E-state index in [-0.39, 0.29) is 46.7 Å². The predicted octanol–water partition coefficient (Wildman–Crippen LogP) is 20.9. The summed E-state index contributed by atoms with van der Waals surface area (Å²) < 4.78 is 20.5. The van der Waals surface area contributed by atoms with Gasteiger partial charge in [0.25, 0.3) is 0 Å². The lowest BCUT2D eigenvalue weighted by atomic mass is 10.0. The van der Waals surface area contributed by atoms with E-state index in [1.165, 1.54) is 0 Å². The molecule has 20 rings (SSSR count). The van der Waals surface area contributed by atoms with E-state index in [0.717, 1.165) is 132 Å². The van der Waals surface area contributed by atoms with Gasteiger partial charge in [0, 0.05) is 88.1 Å². The quantitative estimate of drug-likeness (QED) is 0.0854. The number of hydrogen-bond acceptors (Lipinski definition) is 10. The summed E-state index contributed by atoms with van der Waals surface area (Å²) >= 11 is 0. The largest absolute Gasteiger partial charge is 0.461 e. The standard InChI is InChI=1S/C90H58N10O4/c1-3-103-89(101)87-88(90(102)104-4-2)96-86-84-82(92-78(54-39-47-58(48-40-54)98-71-31-15-7-23-63(71)64-24-8-16-32-72(64)98)80(94-84)56-43-51-60(52-44-56)100-75-35-19-11-27-67(75)68-28-12-20-36-76(68)100)81-83(85(86)95-87)93-79(55-41-49-59(50-42-55)99-73-33-17-9-25-65(73)66-26-10-18-34-74(66)99)77(91-81)53-37-45-57(46-38-53)97-69-29-13-5-21-61(69)62-22-6-14-30-70(62)97/h5-52H,3-4H2,1-2H3. The molecule has 0 aliphatic heterocycles. The number of esters is 2. The molecule has 13 aromatic carbocycles. The van der Waals surface area contributed by atoms with Gasteiger partial charge >= 0.3 is 11.9 Å². The Morgan fingerprint density at radius 1 is 0.240 bits per heavy atom. The van der Waals surface area contributed by atoms with Gasteiger partial charge in [-0.1, -0.05) is 194 Å². The minimum absolute atomic E-state index is 0.000452. The van der Waals surface area contributed by atoms with Gasteiger partial charge in [-0.05, 0) is 111 Å². The second-order valence-corrected chi connectivity index (χ2v) is 26.0. The van der Waals surface area contributed by atoms with Gasteiger partial charge in [-0.15, -0.1) is 0 Å². The molecule has 0 spiro atoms. The third-order valence-electron chi connectivity index (χ3n) is 20.2. The smallest absolute Gasteiger partial charge is 0.359 e. The molecule has 492 valence electrons. The van der Waals surface area contributed by atoms with Crippen LogP contribution in [0, 0.1) is 0 Å². The zero-order valence-electron chi connectivity index (χ0n) is 56.2. The molecule has 14 nitrogen and oxygen atoms in total. The van der Waals surface area contributed by atoms with Gasteiger partial charge in [-0.25, -0.2) is 39.5 Å². The molecule has 14 heteroatoms. The maximum Gasteiger partial charge on any atom is 0.359 e. The molecule has 0 aliphatic rings. The van der Waals surface area contributed by atoms with Gasteiger partial charge in [0.15, 0.2) is 11.4 Å². The zero-order chi connectivity index (χ0) is 69.3. The minimum Gasteiger partial charge on any atom is -0.461 e. The first kappa shape index (κ1) is 60.0. The molecule has 0 fully saturated rings. The van der Waals surface area contributed by atoms with Crippen molar-refractivity contribution in [1.29, 1.82) is 0 Å². The summed E-state index contributed by atoms with van der Waals surface area (Å²) in [7, 11) is 0. The number of rotatable bonds is 12. The van der Waals surface area contributed by atoms with Crippen LogP contribution in [0.4, 0.5) is 0 Å². The number of aromatic nitrogens is 10. The van der Waals surface area contributed by atoms with Crippen LogP contribution in [0.1, 0.15) is 34.8 Å². The highest BCUT2D eigenvalue weighted by atomic mass is 16.5. The predicted molar refractivity (Wildman–Crippen MR) is 417 cm³/mol. The van der Waals surface area contributed by atoms with Crippen LogP contribution in [-0.2, 0) is 9.47 Å². The van der Waals surface area contributed by atoms with E-state index in [1.54, 1.807) is 13.8 Å². The van der Waals surface area contributed by atoms with E-state index >= 15 is 0 Å². The van der Waals surface area contributed by atoms with E-state index in [1.807, 2.05) is 0 Å². The average Bonchev–Trinajstić information content (AvgIpc) is 1.11. The SMILES string of the molecule is CCOC(=O)c1nc2c(nc1C(=O)OCC)c1nc(-c3ccc(-n4c5ccccc5c5ccccc54)cc3)c(-c3ccc(-n4c5ccccc5c5ccccc54)cc3)nc1c1nc(-c3ccc(-n4c5ccccc5c5ccccc54)cc3)c(-c3ccc(-n4c5ccccc5c5ccccc54)cc3)nc21. The van der Waals surface area contributed by atoms with Gasteiger partial charge in [0.1, 0.15) is 33.1 Å². The lowest BCUT2D eigenvalue weighted by Crippen LogP contribution is -2.18. The molecule has 20 aromatic rings. The molecule has 0 radical (unpaired) electrons. The summed E-state index contributed by atoms with van der Waals surface area (Å²) in [5.74, 6) is -1.72. The number of ether oxygens (including phenoxy) is 2. The number of benzene rings is 13. The second kappa shape index (κ2) is 23.9. The molecule has 0 saturated heterocycles. The van der Waals surface area contributed by atoms with Crippen LogP contribution in [0.3, 0.4) is 0 Å². The first-order valence-corrected chi connectivity index (χ1v) is 34.8. The molecule has 0 unspecified atom stereocenters. The first-order chi connectivity index (χ1) is 51.3. The van der Waals surface area contributed by atoms with Crippen molar-refractivity contribution in [3.63, 3.8) is 0 Å². The summed E-state index contributed by atoms with van der Waals surface area (Å²) in [6.07, 6.45) is 0. The molecule has 7 aromatic heterocycles. The Kier molecular flexibility index (Phi) is 13.8. The normalized spacial score (nSPS) is 11.9. The van der Waals surface area contributed by atoms with Crippen molar-refractivity contribution in [2.24, 2.45) is 0 Å². The molecular formula is C90H58N10O4. The lowest BCUT2D eigenvalue weighted by molar-refractivity contribution is 0.0468. The highest BCUT2D eigenvalue weighted by Gasteiger charge is 2.31. The van der Waals surface area contributed by atoms with E-state index in [0.29, 0.717) is 33.8 Å². The molecule has 104 heavy (non-hydrogen) atoms. The fraction of sp³-hybridized carbons (Fsp3) is 0.0444. The van der Waals surface area contributed by atoms with Crippen LogP contribution in [0.2, 0.25) is 0 Å². The minimum atomic E-state index is -0.859. The number of fused-ring (bicyclic) bond motifs is 18. The lowest BCUT2D eigenvalue weighted by Gasteiger charge is -2.17. The van der Waals surface area contributed by atoms with Gasteiger partial charge < -0.3 is 27.7 Å². The van der Waals surface area contributed by atoms with Crippen LogP contribution in [0.15, 0.2) is 291 Å². The zero-order valence-corrected chi connectivity index (χ0v) is 56.2. The average molecular weight is 1340 g/mol. The molecular weight excluding hydrogens is 1290 g/mol. The number of carbonyl (C=O) groups is 2. The van der Waals surface area contributed by atoms with Gasteiger partial charge in [-0.2, -0.15) is 0 Å². The third-order valence-corrected chi connectivity index (χ3v) is 20.2. The van der Waals surface area contributed by atoms with E-state index in [4.69, 9.17) is 39.4 Å². The number of carbonyl (C=O) groups excluding carboxylic acids is 2. The summed E-state index contributed by atoms with van der Waals surface area (Å²) in [4.78, 5) is 62.2. The Bertz CT molecular complexity index is 6340. The first-order valence-electron chi connectivity index (χ1n) is 34.8. The second-order valence-electron chi connectivity index (χ2n) is 26.0. The van der Waals surface area contributed by atoms with Gasteiger partial charge in [-0.3, -0.25) is 0 Å². The van der Waals surface area contributed by atoms with Crippen LogP contribution in [0.5, 0.6) is 0 Å². The molecule has 0 aliphatic carbocycles. The van der Waals surface area contributed by atoms with Gasteiger partial charge in [0.2, 0.25) is 0 Å². The van der Waals surface area contributed by atoms with Gasteiger partial charge in [0.05, 0.1) is 80.1 Å². The van der Waals surface area contributed by atoms with Crippen LogP contribution < -0.4 is 0 Å². The highest BCUT2D eigenvalue weighted by Crippen LogP contribution is 2.44. The van der Waals surface area contributed by atoms with Crippen molar-refractivity contribution in [2.45, 2.75) is 13.8 Å². The monoisotopic (exact) mass is 1340 g/mol. The molecule has 7 heterocycles. The maximum atomic E-state index is 14.4. The van der Waals surface area contributed by atoms with Crippen molar-refractivity contribution in [2.75, 3.05) is 13.2 Å². The van der Waals surface area contributed by atoms with E-state index in [2.05, 4.69) is 309 Å². The Morgan fingerprint density at radius 2 is 0.413 bits per heavy atom. The Morgan fingerprint density at radius 3 is 0.596 bits per heavy atom. The summed E-state index contributed by atoms with van der Waals surface area (Å²) in [6, 6.07) is 101. The molecule has 0 amide bonds. The van der Waals surface area contributed by atoms with Crippen molar-refractivity contribution in [1.82, 2.24) is 48.2 Å². The summed E-state index contributed by atoms with van der Waals surface area (Å²) in [5, 5.41) is 9.21. The Hall–Kier alpha value is -14.0. The van der Waals surface area contributed by atoms with E-state index < -0.39 is 11.9 Å². The van der Waals surface area contributed by atoms with Crippen molar-refractivity contribution in [3.8, 4) is 67.8 Å². The Balaban J connectivity index is 0.862. The van der Waals surface area contributed by atoms with Crippen LogP contribution >= 0.6 is 0 Å². The molecule has 0 bridgehead atoms. The summed E-state index contributed by atoms with van der Waals surface area (Å²) in [6.45, 7) is 3.39. The topological polar surface area (TPSA) is 150 Å². The van der Waals surface area contributed by atoms with Crippen molar-refractivity contribution in [3.05, 3.63) is 303 Å². The number of nitrogens with zero attached hydrogens (tertiary/aromatic N) is 10. The fourth-order valence-corrected chi connectivity index (χ4v) is 15.7. The highest BCUT2D eigenvalue weighted by molar-refractivity contribution is 6.21. The third kappa shape index (κ3) is 9.28. The molecule has 0 atom stereocenters. The molecule has 0 saturated carbocycles. The van der Waals surface area contributed by atoms with Crippen LogP contribution in [0.25, 0.3) is 188 Å². The van der Waals surface area contributed by atoms with Crippen molar-refractivity contribution < 1.29 is 19.1 Å². The maximum absolute atomic E-state index is 14.4. The number of para-hydroxylation sites is 8. The number of hydrogen-bond donors (Lipinski definition) is 0. The van der Waals surface area contributed by atoms with E-state index in [9.17, 15) is 9.59 Å².